The third-order valence-corrected chi connectivity index (χ3v) is 6.93. The predicted molar refractivity (Wildman–Crippen MR) is 124 cm³/mol. The molecule has 11 heteroatoms. The Morgan fingerprint density at radius 3 is 2.31 bits per heavy atom. The number of hydrogen-bond donors (Lipinski definition) is 0. The van der Waals surface area contributed by atoms with Crippen molar-refractivity contribution in [3.05, 3.63) is 77.0 Å². The maximum absolute atomic E-state index is 13.0. The summed E-state index contributed by atoms with van der Waals surface area (Å²) in [6.07, 6.45) is 0. The number of carbonyl (C=O) groups is 3. The van der Waals surface area contributed by atoms with Crippen molar-refractivity contribution in [1.82, 2.24) is 4.31 Å². The van der Waals surface area contributed by atoms with Gasteiger partial charge in [-0.05, 0) is 61.5 Å². The molecule has 0 saturated heterocycles. The number of furan rings is 1. The standard InChI is InChI=1S/C24H22N2O8S/c1-4-32-17-8-6-16(7-9-17)26-22(27)19-11-5-15(13-20(19)23(26)28)24(29)33-14-18-10-12-21(34-18)35(30,31)25(2)3/h5-13H,4,14H2,1-3H3. The molecule has 0 aliphatic carbocycles. The van der Waals surface area contributed by atoms with Crippen LogP contribution >= 0.6 is 0 Å². The molecule has 0 bridgehead atoms. The van der Waals surface area contributed by atoms with Crippen molar-refractivity contribution in [3.63, 3.8) is 0 Å². The Kier molecular flexibility index (Phi) is 6.46. The molecule has 0 fully saturated rings. The maximum Gasteiger partial charge on any atom is 0.338 e. The monoisotopic (exact) mass is 498 g/mol. The number of anilines is 1. The quantitative estimate of drug-likeness (QED) is 0.343. The Morgan fingerprint density at radius 2 is 1.66 bits per heavy atom. The van der Waals surface area contributed by atoms with Gasteiger partial charge in [0, 0.05) is 14.1 Å². The summed E-state index contributed by atoms with van der Waals surface area (Å²) >= 11 is 0. The number of carbonyl (C=O) groups excluding carboxylic acids is 3. The Bertz CT molecular complexity index is 1410. The van der Waals surface area contributed by atoms with E-state index in [-0.39, 0.29) is 34.1 Å². The average Bonchev–Trinajstić information content (AvgIpc) is 3.42. The number of nitrogens with zero attached hydrogens (tertiary/aromatic N) is 2. The van der Waals surface area contributed by atoms with Crippen LogP contribution in [0.1, 0.15) is 43.8 Å². The molecule has 1 aliphatic heterocycles. The lowest BCUT2D eigenvalue weighted by Crippen LogP contribution is -2.29. The minimum absolute atomic E-state index is 0.0612. The van der Waals surface area contributed by atoms with E-state index in [9.17, 15) is 22.8 Å². The lowest BCUT2D eigenvalue weighted by molar-refractivity contribution is 0.0440. The van der Waals surface area contributed by atoms with Crippen LogP contribution in [0.2, 0.25) is 0 Å². The highest BCUT2D eigenvalue weighted by Gasteiger charge is 2.37. The first-order chi connectivity index (χ1) is 16.6. The van der Waals surface area contributed by atoms with Gasteiger partial charge in [-0.3, -0.25) is 9.59 Å². The zero-order valence-corrected chi connectivity index (χ0v) is 20.0. The average molecular weight is 499 g/mol. The molecular formula is C24H22N2O8S. The molecule has 0 unspecified atom stereocenters. The molecule has 1 aliphatic rings. The van der Waals surface area contributed by atoms with Gasteiger partial charge < -0.3 is 13.9 Å². The molecule has 0 spiro atoms. The Morgan fingerprint density at radius 1 is 0.971 bits per heavy atom. The van der Waals surface area contributed by atoms with Crippen LogP contribution in [0.5, 0.6) is 5.75 Å². The van der Waals surface area contributed by atoms with Crippen molar-refractivity contribution in [2.75, 3.05) is 25.6 Å². The van der Waals surface area contributed by atoms with Gasteiger partial charge in [-0.1, -0.05) is 0 Å². The molecule has 182 valence electrons. The molecule has 2 aromatic carbocycles. The Hall–Kier alpha value is -3.96. The molecule has 0 saturated carbocycles. The predicted octanol–water partition coefficient (Wildman–Crippen LogP) is 3.09. The second kappa shape index (κ2) is 9.35. The highest BCUT2D eigenvalue weighted by molar-refractivity contribution is 7.88. The molecule has 35 heavy (non-hydrogen) atoms. The van der Waals surface area contributed by atoms with Gasteiger partial charge in [0.15, 0.2) is 0 Å². The van der Waals surface area contributed by atoms with Gasteiger partial charge in [0.25, 0.3) is 21.8 Å². The summed E-state index contributed by atoms with van der Waals surface area (Å²) in [5.41, 5.74) is 0.692. The highest BCUT2D eigenvalue weighted by Crippen LogP contribution is 2.30. The van der Waals surface area contributed by atoms with Crippen molar-refractivity contribution in [1.29, 1.82) is 0 Å². The minimum atomic E-state index is -3.75. The van der Waals surface area contributed by atoms with Crippen molar-refractivity contribution in [2.45, 2.75) is 18.6 Å². The van der Waals surface area contributed by atoms with Gasteiger partial charge in [0.05, 0.1) is 29.0 Å². The van der Waals surface area contributed by atoms with Crippen LogP contribution in [0.3, 0.4) is 0 Å². The van der Waals surface area contributed by atoms with Crippen LogP contribution in [0, 0.1) is 0 Å². The molecule has 1 aromatic heterocycles. The van der Waals surface area contributed by atoms with Crippen LogP contribution < -0.4 is 9.64 Å². The fourth-order valence-corrected chi connectivity index (χ4v) is 4.25. The first kappa shape index (κ1) is 24.2. The number of benzene rings is 2. The maximum atomic E-state index is 13.0. The molecule has 2 heterocycles. The zero-order chi connectivity index (χ0) is 25.3. The van der Waals surface area contributed by atoms with E-state index in [1.807, 2.05) is 6.92 Å². The summed E-state index contributed by atoms with van der Waals surface area (Å²) in [6, 6.07) is 13.3. The van der Waals surface area contributed by atoms with Crippen molar-refractivity contribution < 1.29 is 36.7 Å². The fourth-order valence-electron chi connectivity index (χ4n) is 3.43. The molecular weight excluding hydrogens is 476 g/mol. The molecule has 2 amide bonds. The van der Waals surface area contributed by atoms with Gasteiger partial charge in [0.1, 0.15) is 18.1 Å². The SMILES string of the molecule is CCOc1ccc(N2C(=O)c3ccc(C(=O)OCc4ccc(S(=O)(=O)N(C)C)o4)cc3C2=O)cc1. The number of amides is 2. The summed E-state index contributed by atoms with van der Waals surface area (Å²) < 4.78 is 41.1. The van der Waals surface area contributed by atoms with Crippen LogP contribution in [-0.4, -0.2) is 51.2 Å². The second-order valence-electron chi connectivity index (χ2n) is 7.72. The summed E-state index contributed by atoms with van der Waals surface area (Å²) in [4.78, 5) is 39.4. The van der Waals surface area contributed by atoms with Gasteiger partial charge in [-0.2, -0.15) is 0 Å². The molecule has 0 atom stereocenters. The number of sulfonamides is 1. The van der Waals surface area contributed by atoms with Gasteiger partial charge in [0.2, 0.25) is 5.09 Å². The largest absolute Gasteiger partial charge is 0.494 e. The van der Waals surface area contributed by atoms with Crippen LogP contribution in [0.25, 0.3) is 0 Å². The molecule has 0 N–H and O–H groups in total. The molecule has 4 rings (SSSR count). The third kappa shape index (κ3) is 4.55. The zero-order valence-electron chi connectivity index (χ0n) is 19.2. The van der Waals surface area contributed by atoms with Crippen LogP contribution in [-0.2, 0) is 21.4 Å². The van der Waals surface area contributed by atoms with E-state index in [0.717, 1.165) is 9.21 Å². The Balaban J connectivity index is 1.48. The number of fused-ring (bicyclic) bond motifs is 1. The van der Waals surface area contributed by atoms with Gasteiger partial charge in [-0.15, -0.1) is 0 Å². The number of rotatable bonds is 8. The number of hydrogen-bond acceptors (Lipinski definition) is 8. The fraction of sp³-hybridized carbons (Fsp3) is 0.208. The summed E-state index contributed by atoms with van der Waals surface area (Å²) in [5, 5.41) is -0.274. The van der Waals surface area contributed by atoms with Crippen LogP contribution in [0.15, 0.2) is 64.1 Å². The first-order valence-electron chi connectivity index (χ1n) is 10.6. The van der Waals surface area contributed by atoms with E-state index in [1.165, 1.54) is 44.4 Å². The van der Waals surface area contributed by atoms with E-state index in [4.69, 9.17) is 13.9 Å². The van der Waals surface area contributed by atoms with E-state index < -0.39 is 27.8 Å². The van der Waals surface area contributed by atoms with E-state index in [2.05, 4.69) is 0 Å². The van der Waals surface area contributed by atoms with Gasteiger partial charge >= 0.3 is 5.97 Å². The highest BCUT2D eigenvalue weighted by atomic mass is 32.2. The number of esters is 1. The normalized spacial score (nSPS) is 13.3. The minimum Gasteiger partial charge on any atom is -0.494 e. The summed E-state index contributed by atoms with van der Waals surface area (Å²) in [6.45, 7) is 2.02. The van der Waals surface area contributed by atoms with Crippen molar-refractivity contribution in [3.8, 4) is 5.75 Å². The van der Waals surface area contributed by atoms with Crippen molar-refractivity contribution >= 4 is 33.5 Å². The van der Waals surface area contributed by atoms with E-state index >= 15 is 0 Å². The topological polar surface area (TPSA) is 123 Å². The number of ether oxygens (including phenoxy) is 2. The smallest absolute Gasteiger partial charge is 0.338 e. The van der Waals surface area contributed by atoms with E-state index in [0.29, 0.717) is 18.0 Å². The van der Waals surface area contributed by atoms with E-state index in [1.54, 1.807) is 24.3 Å². The van der Waals surface area contributed by atoms with Gasteiger partial charge in [-0.25, -0.2) is 22.4 Å². The summed E-state index contributed by atoms with van der Waals surface area (Å²) in [7, 11) is -1.01. The molecule has 3 aromatic rings. The van der Waals surface area contributed by atoms with Crippen molar-refractivity contribution in [2.24, 2.45) is 0 Å². The second-order valence-corrected chi connectivity index (χ2v) is 9.80. The Labute approximate surface area is 201 Å². The molecule has 10 nitrogen and oxygen atoms in total. The lowest BCUT2D eigenvalue weighted by atomic mass is 10.1. The third-order valence-electron chi connectivity index (χ3n) is 5.25. The number of imide groups is 1. The summed E-state index contributed by atoms with van der Waals surface area (Å²) in [5.74, 6) is -1.08. The first-order valence-corrected chi connectivity index (χ1v) is 12.0. The molecule has 0 radical (unpaired) electrons. The van der Waals surface area contributed by atoms with Crippen LogP contribution in [0.4, 0.5) is 5.69 Å². The lowest BCUT2D eigenvalue weighted by Gasteiger charge is -2.14.